The van der Waals surface area contributed by atoms with Crippen LogP contribution in [0, 0.1) is 6.92 Å². The standard InChI is InChI=1S/C19H24N2O2S/c1-15-11-13-16(14-12-15)20-18-9-5-6-10-19(18)21-24(22,23)17-7-3-2-4-8-17/h2-4,7-8,11-14,18-21H,5-6,9-10H2,1H3/t18-,19+/m1/s1. The molecule has 1 aliphatic carbocycles. The van der Waals surface area contributed by atoms with Crippen molar-refractivity contribution in [2.45, 2.75) is 49.6 Å². The normalized spacial score (nSPS) is 21.4. The molecule has 0 saturated heterocycles. The lowest BCUT2D eigenvalue weighted by atomic mass is 9.91. The average molecular weight is 344 g/mol. The highest BCUT2D eigenvalue weighted by atomic mass is 32.2. The summed E-state index contributed by atoms with van der Waals surface area (Å²) in [4.78, 5) is 0.324. The van der Waals surface area contributed by atoms with Crippen molar-refractivity contribution in [1.29, 1.82) is 0 Å². The van der Waals surface area contributed by atoms with Gasteiger partial charge in [0.15, 0.2) is 0 Å². The highest BCUT2D eigenvalue weighted by Crippen LogP contribution is 2.24. The molecule has 0 unspecified atom stereocenters. The minimum Gasteiger partial charge on any atom is -0.381 e. The van der Waals surface area contributed by atoms with Gasteiger partial charge in [0.1, 0.15) is 0 Å². The van der Waals surface area contributed by atoms with E-state index in [4.69, 9.17) is 0 Å². The van der Waals surface area contributed by atoms with Gasteiger partial charge >= 0.3 is 0 Å². The summed E-state index contributed by atoms with van der Waals surface area (Å²) in [5.74, 6) is 0. The fourth-order valence-electron chi connectivity index (χ4n) is 3.18. The molecule has 0 heterocycles. The van der Waals surface area contributed by atoms with Gasteiger partial charge in [-0.05, 0) is 44.0 Å². The Bertz CT molecular complexity index is 758. The highest BCUT2D eigenvalue weighted by Gasteiger charge is 2.29. The first-order valence-corrected chi connectivity index (χ1v) is 9.93. The third kappa shape index (κ3) is 4.16. The number of anilines is 1. The lowest BCUT2D eigenvalue weighted by molar-refractivity contribution is 0.378. The molecular weight excluding hydrogens is 320 g/mol. The predicted molar refractivity (Wildman–Crippen MR) is 97.6 cm³/mol. The van der Waals surface area contributed by atoms with Crippen molar-refractivity contribution in [2.24, 2.45) is 0 Å². The third-order valence-corrected chi connectivity index (χ3v) is 6.04. The van der Waals surface area contributed by atoms with E-state index >= 15 is 0 Å². The molecule has 2 aromatic rings. The zero-order valence-electron chi connectivity index (χ0n) is 13.9. The first kappa shape index (κ1) is 17.0. The van der Waals surface area contributed by atoms with Crippen LogP contribution >= 0.6 is 0 Å². The van der Waals surface area contributed by atoms with E-state index in [2.05, 4.69) is 29.1 Å². The molecule has 128 valence electrons. The molecule has 0 radical (unpaired) electrons. The third-order valence-electron chi connectivity index (χ3n) is 4.53. The van der Waals surface area contributed by atoms with E-state index in [1.165, 1.54) is 5.56 Å². The van der Waals surface area contributed by atoms with E-state index in [0.29, 0.717) is 4.90 Å². The maximum absolute atomic E-state index is 12.6. The highest BCUT2D eigenvalue weighted by molar-refractivity contribution is 7.89. The van der Waals surface area contributed by atoms with Gasteiger partial charge in [-0.25, -0.2) is 13.1 Å². The number of benzene rings is 2. The van der Waals surface area contributed by atoms with Crippen LogP contribution in [0.2, 0.25) is 0 Å². The van der Waals surface area contributed by atoms with E-state index in [1.807, 2.05) is 18.2 Å². The van der Waals surface area contributed by atoms with Crippen LogP contribution in [0.4, 0.5) is 5.69 Å². The van der Waals surface area contributed by atoms with Gasteiger partial charge < -0.3 is 5.32 Å². The largest absolute Gasteiger partial charge is 0.381 e. The molecule has 0 spiro atoms. The summed E-state index contributed by atoms with van der Waals surface area (Å²) in [7, 11) is -3.48. The van der Waals surface area contributed by atoms with Gasteiger partial charge in [0.25, 0.3) is 0 Å². The summed E-state index contributed by atoms with van der Waals surface area (Å²) in [5, 5.41) is 3.51. The summed E-state index contributed by atoms with van der Waals surface area (Å²) in [6.07, 6.45) is 3.99. The van der Waals surface area contributed by atoms with Crippen LogP contribution < -0.4 is 10.0 Å². The summed E-state index contributed by atoms with van der Waals surface area (Å²) < 4.78 is 28.1. The van der Waals surface area contributed by atoms with E-state index in [9.17, 15) is 8.42 Å². The summed E-state index contributed by atoms with van der Waals surface area (Å²) in [6, 6.07) is 16.8. The Hall–Kier alpha value is -1.85. The van der Waals surface area contributed by atoms with Gasteiger partial charge in [-0.1, -0.05) is 48.7 Å². The Morgan fingerprint density at radius 3 is 2.17 bits per heavy atom. The minimum atomic E-state index is -3.48. The minimum absolute atomic E-state index is 0.0924. The van der Waals surface area contributed by atoms with Crippen LogP contribution in [-0.4, -0.2) is 20.5 Å². The lowest BCUT2D eigenvalue weighted by Gasteiger charge is -2.33. The van der Waals surface area contributed by atoms with E-state index in [-0.39, 0.29) is 12.1 Å². The Morgan fingerprint density at radius 2 is 1.50 bits per heavy atom. The van der Waals surface area contributed by atoms with E-state index in [0.717, 1.165) is 31.4 Å². The topological polar surface area (TPSA) is 58.2 Å². The number of hydrogen-bond donors (Lipinski definition) is 2. The molecule has 4 nitrogen and oxygen atoms in total. The molecule has 0 aliphatic heterocycles. The van der Waals surface area contributed by atoms with Gasteiger partial charge in [-0.3, -0.25) is 0 Å². The van der Waals surface area contributed by atoms with Crippen LogP contribution in [0.1, 0.15) is 31.2 Å². The molecular formula is C19H24N2O2S. The lowest BCUT2D eigenvalue weighted by Crippen LogP contribution is -2.48. The molecule has 1 fully saturated rings. The summed E-state index contributed by atoms with van der Waals surface area (Å²) >= 11 is 0. The van der Waals surface area contributed by atoms with Crippen molar-refractivity contribution < 1.29 is 8.42 Å². The second-order valence-corrected chi connectivity index (χ2v) is 8.16. The van der Waals surface area contributed by atoms with Crippen LogP contribution in [0.5, 0.6) is 0 Å². The van der Waals surface area contributed by atoms with Crippen molar-refractivity contribution in [3.8, 4) is 0 Å². The van der Waals surface area contributed by atoms with Crippen LogP contribution in [-0.2, 0) is 10.0 Å². The second-order valence-electron chi connectivity index (χ2n) is 6.44. The van der Waals surface area contributed by atoms with Crippen LogP contribution in [0.3, 0.4) is 0 Å². The van der Waals surface area contributed by atoms with Crippen molar-refractivity contribution in [1.82, 2.24) is 4.72 Å². The number of aryl methyl sites for hydroxylation is 1. The van der Waals surface area contributed by atoms with Crippen molar-refractivity contribution >= 4 is 15.7 Å². The Morgan fingerprint density at radius 1 is 0.875 bits per heavy atom. The van der Waals surface area contributed by atoms with E-state index < -0.39 is 10.0 Å². The van der Waals surface area contributed by atoms with Gasteiger partial charge in [0.05, 0.1) is 4.90 Å². The molecule has 3 rings (SSSR count). The molecule has 5 heteroatoms. The van der Waals surface area contributed by atoms with Crippen LogP contribution in [0.15, 0.2) is 59.5 Å². The Kier molecular flexibility index (Phi) is 5.21. The van der Waals surface area contributed by atoms with Gasteiger partial charge in [0, 0.05) is 17.8 Å². The average Bonchev–Trinajstić information content (AvgIpc) is 2.59. The van der Waals surface area contributed by atoms with Gasteiger partial charge in [0.2, 0.25) is 10.0 Å². The maximum Gasteiger partial charge on any atom is 0.240 e. The van der Waals surface area contributed by atoms with Crippen LogP contribution in [0.25, 0.3) is 0 Å². The van der Waals surface area contributed by atoms with Crippen molar-refractivity contribution in [3.63, 3.8) is 0 Å². The first-order chi connectivity index (χ1) is 11.5. The molecule has 0 aromatic heterocycles. The molecule has 2 aromatic carbocycles. The van der Waals surface area contributed by atoms with E-state index in [1.54, 1.807) is 24.3 Å². The van der Waals surface area contributed by atoms with Crippen molar-refractivity contribution in [3.05, 3.63) is 60.2 Å². The monoisotopic (exact) mass is 344 g/mol. The fourth-order valence-corrected chi connectivity index (χ4v) is 4.51. The van der Waals surface area contributed by atoms with Crippen molar-refractivity contribution in [2.75, 3.05) is 5.32 Å². The van der Waals surface area contributed by atoms with Gasteiger partial charge in [-0.15, -0.1) is 0 Å². The quantitative estimate of drug-likeness (QED) is 0.869. The SMILES string of the molecule is Cc1ccc(N[C@@H]2CCCC[C@@H]2NS(=O)(=O)c2ccccc2)cc1. The zero-order chi connectivity index (χ0) is 17.0. The molecule has 24 heavy (non-hydrogen) atoms. The predicted octanol–water partition coefficient (Wildman–Crippen LogP) is 3.70. The molecule has 0 bridgehead atoms. The molecule has 2 atom stereocenters. The Balaban J connectivity index is 1.74. The fraction of sp³-hybridized carbons (Fsp3) is 0.368. The number of rotatable bonds is 5. The number of sulfonamides is 1. The summed E-state index contributed by atoms with van der Waals surface area (Å²) in [5.41, 5.74) is 2.25. The smallest absolute Gasteiger partial charge is 0.240 e. The summed E-state index contributed by atoms with van der Waals surface area (Å²) in [6.45, 7) is 2.06. The zero-order valence-corrected chi connectivity index (χ0v) is 14.7. The molecule has 0 amide bonds. The maximum atomic E-state index is 12.6. The molecule has 2 N–H and O–H groups in total. The first-order valence-electron chi connectivity index (χ1n) is 8.45. The second kappa shape index (κ2) is 7.36. The Labute approximate surface area is 144 Å². The van der Waals surface area contributed by atoms with Gasteiger partial charge in [-0.2, -0.15) is 0 Å². The number of hydrogen-bond acceptors (Lipinski definition) is 3. The number of nitrogens with one attached hydrogen (secondary N) is 2. The molecule has 1 saturated carbocycles. The molecule has 1 aliphatic rings.